The number of nitrogens with zero attached hydrogens (tertiary/aromatic N) is 5. The van der Waals surface area contributed by atoms with E-state index in [1.54, 1.807) is 0 Å². The van der Waals surface area contributed by atoms with Crippen LogP contribution < -0.4 is 0 Å². The van der Waals surface area contributed by atoms with E-state index in [1.165, 1.54) is 5.39 Å². The van der Waals surface area contributed by atoms with Gasteiger partial charge in [-0.2, -0.15) is 9.97 Å². The minimum atomic E-state index is 0.536. The van der Waals surface area contributed by atoms with Crippen LogP contribution in [0.25, 0.3) is 111 Å². The molecule has 0 atom stereocenters. The molecule has 0 aliphatic rings. The fourth-order valence-electron chi connectivity index (χ4n) is 8.70. The highest BCUT2D eigenvalue weighted by Crippen LogP contribution is 2.42. The quantitative estimate of drug-likeness (QED) is 0.177. The summed E-state index contributed by atoms with van der Waals surface area (Å²) in [6.45, 7) is 0. The zero-order chi connectivity index (χ0) is 37.5. The van der Waals surface area contributed by atoms with Gasteiger partial charge in [-0.1, -0.05) is 146 Å². The molecule has 266 valence electrons. The topological polar surface area (TPSA) is 61.7 Å². The van der Waals surface area contributed by atoms with E-state index in [2.05, 4.69) is 161 Å². The summed E-state index contributed by atoms with van der Waals surface area (Å²) >= 11 is 0. The molecule has 0 aliphatic carbocycles. The number of benzene rings is 8. The Bertz CT molecular complexity index is 3520. The minimum absolute atomic E-state index is 0.536. The molecule has 0 radical (unpaired) electrons. The molecule has 0 bridgehead atoms. The highest BCUT2D eigenvalue weighted by atomic mass is 16.3. The van der Waals surface area contributed by atoms with Gasteiger partial charge in [0.1, 0.15) is 11.2 Å². The van der Waals surface area contributed by atoms with Crippen molar-refractivity contribution in [2.75, 3.05) is 0 Å². The van der Waals surface area contributed by atoms with Gasteiger partial charge in [0.25, 0.3) is 0 Å². The van der Waals surface area contributed by atoms with Crippen LogP contribution in [-0.2, 0) is 0 Å². The average Bonchev–Trinajstić information content (AvgIpc) is 3.95. The Morgan fingerprint density at radius 3 is 1.70 bits per heavy atom. The monoisotopic (exact) mass is 729 g/mol. The summed E-state index contributed by atoms with van der Waals surface area (Å²) in [6, 6.07) is 65.5. The van der Waals surface area contributed by atoms with Crippen molar-refractivity contribution in [2.45, 2.75) is 0 Å². The normalized spacial score (nSPS) is 11.9. The van der Waals surface area contributed by atoms with Gasteiger partial charge in [-0.15, -0.1) is 0 Å². The van der Waals surface area contributed by atoms with Crippen LogP contribution in [0.1, 0.15) is 0 Å². The molecule has 6 heteroatoms. The van der Waals surface area contributed by atoms with Crippen molar-refractivity contribution in [1.82, 2.24) is 24.1 Å². The lowest BCUT2D eigenvalue weighted by Gasteiger charge is -2.14. The number of fused-ring (bicyclic) bond motifs is 10. The van der Waals surface area contributed by atoms with Gasteiger partial charge in [-0.3, -0.25) is 4.57 Å². The van der Waals surface area contributed by atoms with E-state index in [1.807, 2.05) is 36.4 Å². The van der Waals surface area contributed by atoms with Crippen LogP contribution in [-0.4, -0.2) is 24.1 Å². The molecule has 0 N–H and O–H groups in total. The summed E-state index contributed by atoms with van der Waals surface area (Å²) < 4.78 is 11.0. The standard InChI is InChI=1S/C51H31N5O/c1-3-15-32(16-4-1)33-17-13-18-34(31-33)49-52-50(41-24-14-28-45-46(41)40-23-9-12-27-44(40)57-45)54-51(53-49)56-43-26-11-8-22-37(43)39-30-29-38-36-21-7-10-25-42(36)55(47(38)48(39)56)35-19-5-2-6-20-35/h1-31H. The smallest absolute Gasteiger partial charge is 0.238 e. The second-order valence-electron chi connectivity index (χ2n) is 14.4. The van der Waals surface area contributed by atoms with Gasteiger partial charge in [0.2, 0.25) is 5.95 Å². The summed E-state index contributed by atoms with van der Waals surface area (Å²) in [5.74, 6) is 1.69. The number of aromatic nitrogens is 5. The molecule has 0 saturated carbocycles. The van der Waals surface area contributed by atoms with Gasteiger partial charge in [0.05, 0.1) is 22.1 Å². The summed E-state index contributed by atoms with van der Waals surface area (Å²) in [5, 5.41) is 6.58. The predicted octanol–water partition coefficient (Wildman–Crippen LogP) is 13.0. The van der Waals surface area contributed by atoms with Crippen LogP contribution in [0, 0.1) is 0 Å². The van der Waals surface area contributed by atoms with Crippen LogP contribution in [0.3, 0.4) is 0 Å². The molecule has 8 aromatic carbocycles. The predicted molar refractivity (Wildman–Crippen MR) is 232 cm³/mol. The maximum Gasteiger partial charge on any atom is 0.238 e. The molecule has 6 nitrogen and oxygen atoms in total. The Morgan fingerprint density at radius 2 is 0.930 bits per heavy atom. The van der Waals surface area contributed by atoms with Crippen molar-refractivity contribution in [2.24, 2.45) is 0 Å². The van der Waals surface area contributed by atoms with E-state index in [0.29, 0.717) is 17.6 Å². The van der Waals surface area contributed by atoms with Gasteiger partial charge in [0, 0.05) is 49.1 Å². The first-order valence-corrected chi connectivity index (χ1v) is 19.1. The number of para-hydroxylation sites is 4. The number of hydrogen-bond acceptors (Lipinski definition) is 4. The van der Waals surface area contributed by atoms with E-state index in [-0.39, 0.29) is 0 Å². The zero-order valence-electron chi connectivity index (χ0n) is 30.5. The van der Waals surface area contributed by atoms with Crippen molar-refractivity contribution >= 4 is 65.6 Å². The first-order valence-electron chi connectivity index (χ1n) is 19.1. The molecule has 0 saturated heterocycles. The highest BCUT2D eigenvalue weighted by Gasteiger charge is 2.24. The Kier molecular flexibility index (Phi) is 6.83. The lowest BCUT2D eigenvalue weighted by molar-refractivity contribution is 0.669. The Labute approximate surface area is 326 Å². The third-order valence-corrected chi connectivity index (χ3v) is 11.2. The van der Waals surface area contributed by atoms with Gasteiger partial charge >= 0.3 is 0 Å². The first kappa shape index (κ1) is 31.5. The van der Waals surface area contributed by atoms with Gasteiger partial charge in [-0.25, -0.2) is 4.98 Å². The molecule has 0 spiro atoms. The molecule has 4 aromatic heterocycles. The number of furan rings is 1. The summed E-state index contributed by atoms with van der Waals surface area (Å²) in [5.41, 5.74) is 11.0. The number of rotatable bonds is 5. The second-order valence-corrected chi connectivity index (χ2v) is 14.4. The summed E-state index contributed by atoms with van der Waals surface area (Å²) in [6.07, 6.45) is 0. The van der Waals surface area contributed by atoms with Crippen molar-refractivity contribution in [3.63, 3.8) is 0 Å². The van der Waals surface area contributed by atoms with Crippen molar-refractivity contribution in [3.05, 3.63) is 188 Å². The van der Waals surface area contributed by atoms with Crippen LogP contribution in [0.2, 0.25) is 0 Å². The molecular weight excluding hydrogens is 699 g/mol. The second kappa shape index (κ2) is 12.3. The Hall–Kier alpha value is -7.83. The van der Waals surface area contributed by atoms with Gasteiger partial charge in [-0.05, 0) is 53.6 Å². The first-order chi connectivity index (χ1) is 28.3. The van der Waals surface area contributed by atoms with Gasteiger partial charge in [0.15, 0.2) is 11.6 Å². The molecule has 12 aromatic rings. The molecule has 0 unspecified atom stereocenters. The zero-order valence-corrected chi connectivity index (χ0v) is 30.5. The van der Waals surface area contributed by atoms with Crippen molar-refractivity contribution < 1.29 is 4.42 Å². The Balaban J connectivity index is 1.22. The largest absolute Gasteiger partial charge is 0.456 e. The van der Waals surface area contributed by atoms with Crippen molar-refractivity contribution in [3.8, 4) is 45.5 Å². The average molecular weight is 730 g/mol. The highest BCUT2D eigenvalue weighted by molar-refractivity contribution is 6.23. The van der Waals surface area contributed by atoms with E-state index >= 15 is 0 Å². The van der Waals surface area contributed by atoms with Crippen LogP contribution in [0.15, 0.2) is 192 Å². The van der Waals surface area contributed by atoms with E-state index in [0.717, 1.165) is 88.1 Å². The Morgan fingerprint density at radius 1 is 0.368 bits per heavy atom. The minimum Gasteiger partial charge on any atom is -0.456 e. The van der Waals surface area contributed by atoms with E-state index < -0.39 is 0 Å². The van der Waals surface area contributed by atoms with Crippen molar-refractivity contribution in [1.29, 1.82) is 0 Å². The third-order valence-electron chi connectivity index (χ3n) is 11.2. The maximum absolute atomic E-state index is 6.37. The SMILES string of the molecule is c1ccc(-c2cccc(-c3nc(-c4cccc5oc6ccccc6c45)nc(-n4c5ccccc5c5ccc6c7ccccc7n(-c7ccccc7)c6c54)n3)c2)cc1. The number of hydrogen-bond donors (Lipinski definition) is 0. The summed E-state index contributed by atoms with van der Waals surface area (Å²) in [7, 11) is 0. The molecule has 0 amide bonds. The summed E-state index contributed by atoms with van der Waals surface area (Å²) in [4.78, 5) is 16.1. The van der Waals surface area contributed by atoms with Crippen LogP contribution >= 0.6 is 0 Å². The molecule has 57 heavy (non-hydrogen) atoms. The lowest BCUT2D eigenvalue weighted by Crippen LogP contribution is -2.07. The maximum atomic E-state index is 6.37. The fraction of sp³-hybridized carbons (Fsp3) is 0. The molecule has 0 aliphatic heterocycles. The molecule has 12 rings (SSSR count). The molecule has 4 heterocycles. The van der Waals surface area contributed by atoms with Crippen LogP contribution in [0.5, 0.6) is 0 Å². The fourth-order valence-corrected chi connectivity index (χ4v) is 8.70. The van der Waals surface area contributed by atoms with E-state index in [4.69, 9.17) is 19.4 Å². The van der Waals surface area contributed by atoms with Gasteiger partial charge < -0.3 is 8.98 Å². The third kappa shape index (κ3) is 4.81. The molecular formula is C51H31N5O. The lowest BCUT2D eigenvalue weighted by atomic mass is 10.0. The van der Waals surface area contributed by atoms with E-state index in [9.17, 15) is 0 Å². The molecule has 0 fully saturated rings. The van der Waals surface area contributed by atoms with Crippen LogP contribution in [0.4, 0.5) is 0 Å².